The van der Waals surface area contributed by atoms with Crippen LogP contribution < -0.4 is 15.5 Å². The van der Waals surface area contributed by atoms with Crippen LogP contribution in [0.25, 0.3) is 0 Å². The van der Waals surface area contributed by atoms with E-state index in [0.29, 0.717) is 30.1 Å². The fourth-order valence-corrected chi connectivity index (χ4v) is 7.12. The van der Waals surface area contributed by atoms with Gasteiger partial charge in [-0.25, -0.2) is 13.8 Å². The molecule has 0 bridgehead atoms. The molecule has 1 atom stereocenters. The van der Waals surface area contributed by atoms with Crippen molar-refractivity contribution < 1.29 is 23.2 Å². The highest BCUT2D eigenvalue weighted by Gasteiger charge is 2.51. The first-order valence-corrected chi connectivity index (χ1v) is 16.0. The number of carbonyl (C=O) groups is 3. The summed E-state index contributed by atoms with van der Waals surface area (Å²) in [6, 6.07) is 4.13. The number of anilines is 2. The van der Waals surface area contributed by atoms with Gasteiger partial charge in [-0.3, -0.25) is 34.4 Å². The first kappa shape index (κ1) is 30.5. The number of fused-ring (bicyclic) bond motifs is 1. The topological polar surface area (TPSA) is 141 Å². The molecule has 12 nitrogen and oxygen atoms in total. The average Bonchev–Trinajstić information content (AvgIpc) is 3.61. The van der Waals surface area contributed by atoms with Crippen molar-refractivity contribution in [3.05, 3.63) is 53.2 Å². The van der Waals surface area contributed by atoms with E-state index in [1.165, 1.54) is 13.8 Å². The third kappa shape index (κ3) is 5.78. The Bertz CT molecular complexity index is 1640. The van der Waals surface area contributed by atoms with Crippen LogP contribution in [-0.2, 0) is 22.4 Å². The Morgan fingerprint density at radius 3 is 2.59 bits per heavy atom. The molecule has 6 heterocycles. The molecule has 1 aliphatic carbocycles. The monoisotopic (exact) mass is 635 g/mol. The number of aromatic nitrogens is 5. The molecule has 3 aromatic heterocycles. The summed E-state index contributed by atoms with van der Waals surface area (Å²) < 4.78 is 31.2. The van der Waals surface area contributed by atoms with E-state index in [2.05, 4.69) is 40.7 Å². The molecule has 0 saturated carbocycles. The van der Waals surface area contributed by atoms with Gasteiger partial charge in [0.1, 0.15) is 5.82 Å². The van der Waals surface area contributed by atoms with Crippen LogP contribution in [0.3, 0.4) is 0 Å². The Morgan fingerprint density at radius 1 is 1.09 bits per heavy atom. The molecule has 7 rings (SSSR count). The van der Waals surface area contributed by atoms with E-state index < -0.39 is 23.7 Å². The summed E-state index contributed by atoms with van der Waals surface area (Å²) in [4.78, 5) is 45.9. The second-order valence-corrected chi connectivity index (χ2v) is 13.9. The lowest BCUT2D eigenvalue weighted by atomic mass is 9.73. The van der Waals surface area contributed by atoms with Gasteiger partial charge in [-0.05, 0) is 36.8 Å². The number of hydrogen-bond acceptors (Lipinski definition) is 8. The van der Waals surface area contributed by atoms with Crippen LogP contribution in [0.5, 0.6) is 0 Å². The Kier molecular flexibility index (Phi) is 7.65. The summed E-state index contributed by atoms with van der Waals surface area (Å²) in [6.45, 7) is 7.66. The van der Waals surface area contributed by atoms with Crippen LogP contribution in [0.4, 0.5) is 20.3 Å². The molecule has 3 N–H and O–H groups in total. The molecule has 3 fully saturated rings. The number of nitrogens with zero attached hydrogens (tertiary/aromatic N) is 6. The third-order valence-electron chi connectivity index (χ3n) is 10.2. The molecule has 0 aromatic carbocycles. The number of hydrogen-bond donors (Lipinski definition) is 3. The molecular weight excluding hydrogens is 596 g/mol. The Labute approximate surface area is 265 Å². The van der Waals surface area contributed by atoms with E-state index in [9.17, 15) is 23.2 Å². The fourth-order valence-electron chi connectivity index (χ4n) is 7.12. The second-order valence-electron chi connectivity index (χ2n) is 13.9. The highest BCUT2D eigenvalue weighted by atomic mass is 19.3. The zero-order valence-electron chi connectivity index (χ0n) is 26.1. The minimum atomic E-state index is -2.93. The summed E-state index contributed by atoms with van der Waals surface area (Å²) in [5.74, 6) is -2.73. The lowest BCUT2D eigenvalue weighted by Crippen LogP contribution is -2.50. The number of carbonyl (C=O) groups excluding carboxylic acids is 3. The van der Waals surface area contributed by atoms with Crippen molar-refractivity contribution in [2.75, 3.05) is 42.9 Å². The maximum atomic E-state index is 14.7. The normalized spacial score (nSPS) is 23.5. The van der Waals surface area contributed by atoms with Gasteiger partial charge in [0.25, 0.3) is 11.8 Å². The van der Waals surface area contributed by atoms with Crippen molar-refractivity contribution >= 4 is 29.2 Å². The number of aromatic amines is 1. The zero-order chi connectivity index (χ0) is 32.2. The van der Waals surface area contributed by atoms with E-state index in [0.717, 1.165) is 56.9 Å². The highest BCUT2D eigenvalue weighted by molar-refractivity contribution is 6.04. The molecular formula is C32H39F2N9O3. The molecule has 0 radical (unpaired) electrons. The van der Waals surface area contributed by atoms with Gasteiger partial charge in [0.05, 0.1) is 23.8 Å². The largest absolute Gasteiger partial charge is 0.357 e. The Balaban J connectivity index is 0.860. The standard InChI is InChI=1S/C32H39F2N9O3/c1-31(2)12-25-24(11-32(31,33)34)28(40-39-25)30(46)37-21-14-36-43(16-21)22-17-41(18-22)15-19-7-9-42(10-8-19)26-5-3-20(13-35-26)23-4-6-27(44)38-29(23)45/h3,5,13-14,16,19,22-23H,4,6-12,15,17-18H2,1-2H3,(H,37,46)(H,39,40)(H,38,44,45). The molecule has 3 amide bonds. The second kappa shape index (κ2) is 11.6. The fraction of sp³-hybridized carbons (Fsp3) is 0.562. The summed E-state index contributed by atoms with van der Waals surface area (Å²) >= 11 is 0. The lowest BCUT2D eigenvalue weighted by molar-refractivity contribution is -0.134. The predicted molar refractivity (Wildman–Crippen MR) is 165 cm³/mol. The number of H-pyrrole nitrogens is 1. The van der Waals surface area contributed by atoms with Crippen LogP contribution in [0.1, 0.15) is 78.8 Å². The van der Waals surface area contributed by atoms with E-state index in [1.807, 2.05) is 16.8 Å². The number of piperidine rings is 2. The SMILES string of the molecule is CC1(C)Cc2[nH]nc(C(=O)Nc3cnn(C4CN(CC5CCN(c6ccc(C7CCC(=O)NC7=O)cn6)CC5)C4)c3)c2CC1(F)F. The molecule has 14 heteroatoms. The van der Waals surface area contributed by atoms with Crippen LogP contribution in [0.2, 0.25) is 0 Å². The van der Waals surface area contributed by atoms with Gasteiger partial charge in [-0.1, -0.05) is 19.9 Å². The zero-order valence-corrected chi connectivity index (χ0v) is 26.1. The maximum absolute atomic E-state index is 14.7. The molecule has 0 spiro atoms. The smallest absolute Gasteiger partial charge is 0.276 e. The molecule has 46 heavy (non-hydrogen) atoms. The van der Waals surface area contributed by atoms with E-state index in [4.69, 9.17) is 0 Å². The van der Waals surface area contributed by atoms with Crippen molar-refractivity contribution in [3.8, 4) is 0 Å². The average molecular weight is 636 g/mol. The number of amides is 3. The number of alkyl halides is 2. The van der Waals surface area contributed by atoms with Gasteiger partial charge in [-0.2, -0.15) is 10.2 Å². The van der Waals surface area contributed by atoms with Gasteiger partial charge in [0, 0.05) is 81.1 Å². The first-order valence-electron chi connectivity index (χ1n) is 16.0. The summed E-state index contributed by atoms with van der Waals surface area (Å²) in [6.07, 6.45) is 7.75. The molecule has 3 aromatic rings. The van der Waals surface area contributed by atoms with Gasteiger partial charge in [0.2, 0.25) is 11.8 Å². The number of pyridine rings is 1. The summed E-state index contributed by atoms with van der Waals surface area (Å²) in [5.41, 5.74) is 1.04. The molecule has 1 unspecified atom stereocenters. The van der Waals surface area contributed by atoms with Crippen LogP contribution >= 0.6 is 0 Å². The van der Waals surface area contributed by atoms with Crippen LogP contribution in [-0.4, -0.2) is 86.2 Å². The van der Waals surface area contributed by atoms with Crippen LogP contribution in [0, 0.1) is 11.3 Å². The van der Waals surface area contributed by atoms with Gasteiger partial charge < -0.3 is 10.2 Å². The molecule has 4 aliphatic rings. The van der Waals surface area contributed by atoms with Crippen molar-refractivity contribution in [2.45, 2.75) is 70.3 Å². The van der Waals surface area contributed by atoms with E-state index in [-0.39, 0.29) is 41.5 Å². The Morgan fingerprint density at radius 2 is 1.87 bits per heavy atom. The quantitative estimate of drug-likeness (QED) is 0.336. The lowest BCUT2D eigenvalue weighted by Gasteiger charge is -2.42. The first-order chi connectivity index (χ1) is 22.0. The molecule has 3 saturated heterocycles. The number of rotatable bonds is 7. The number of imide groups is 1. The third-order valence-corrected chi connectivity index (χ3v) is 10.2. The Hall–Kier alpha value is -4.20. The maximum Gasteiger partial charge on any atom is 0.276 e. The minimum Gasteiger partial charge on any atom is -0.357 e. The van der Waals surface area contributed by atoms with E-state index >= 15 is 0 Å². The summed E-state index contributed by atoms with van der Waals surface area (Å²) in [7, 11) is 0. The number of nitrogens with one attached hydrogen (secondary N) is 3. The summed E-state index contributed by atoms with van der Waals surface area (Å²) in [5, 5.41) is 16.5. The predicted octanol–water partition coefficient (Wildman–Crippen LogP) is 3.31. The number of likely N-dealkylation sites (tertiary alicyclic amines) is 1. The van der Waals surface area contributed by atoms with Crippen molar-refractivity contribution in [1.82, 2.24) is 35.2 Å². The van der Waals surface area contributed by atoms with E-state index in [1.54, 1.807) is 18.6 Å². The number of halogens is 2. The highest BCUT2D eigenvalue weighted by Crippen LogP contribution is 2.46. The minimum absolute atomic E-state index is 0.0128. The van der Waals surface area contributed by atoms with Crippen LogP contribution in [0.15, 0.2) is 30.7 Å². The van der Waals surface area contributed by atoms with Gasteiger partial charge in [-0.15, -0.1) is 0 Å². The van der Waals surface area contributed by atoms with Crippen molar-refractivity contribution in [2.24, 2.45) is 11.3 Å². The molecule has 3 aliphatic heterocycles. The molecule has 244 valence electrons. The van der Waals surface area contributed by atoms with Crippen molar-refractivity contribution in [3.63, 3.8) is 0 Å². The van der Waals surface area contributed by atoms with Gasteiger partial charge >= 0.3 is 0 Å². The van der Waals surface area contributed by atoms with Crippen molar-refractivity contribution in [1.29, 1.82) is 0 Å². The van der Waals surface area contributed by atoms with Gasteiger partial charge in [0.15, 0.2) is 5.69 Å².